The zero-order valence-electron chi connectivity index (χ0n) is 18.4. The first-order valence-electron chi connectivity index (χ1n) is 10.6. The lowest BCUT2D eigenvalue weighted by atomic mass is 9.98. The summed E-state index contributed by atoms with van der Waals surface area (Å²) in [5.41, 5.74) is 2.61. The highest BCUT2D eigenvalue weighted by Gasteiger charge is 2.34. The highest BCUT2D eigenvalue weighted by Crippen LogP contribution is 2.36. The lowest BCUT2D eigenvalue weighted by Crippen LogP contribution is -2.26. The number of ether oxygens (including phenoxy) is 3. The Morgan fingerprint density at radius 1 is 1.09 bits per heavy atom. The second kappa shape index (κ2) is 10.3. The standard InChI is InChI=1S/C25H24N2O5S/c1-3-31-24(28)16-32-20-7-4-6-18(14-20)22-15-21(17-9-11-19(30-2)12-10-17)26-27(22)25(29)23-8-5-13-33-23/h4-14,22H,3,15-16H2,1-2H3. The fourth-order valence-corrected chi connectivity index (χ4v) is 4.24. The molecule has 7 nitrogen and oxygen atoms in total. The van der Waals surface area contributed by atoms with E-state index in [4.69, 9.17) is 19.3 Å². The van der Waals surface area contributed by atoms with Gasteiger partial charge in [-0.05, 0) is 65.9 Å². The van der Waals surface area contributed by atoms with E-state index in [2.05, 4.69) is 0 Å². The summed E-state index contributed by atoms with van der Waals surface area (Å²) < 4.78 is 15.8. The Balaban J connectivity index is 1.61. The number of carbonyl (C=O) groups excluding carboxylic acids is 2. The molecule has 33 heavy (non-hydrogen) atoms. The van der Waals surface area contributed by atoms with E-state index in [0.29, 0.717) is 23.7 Å². The second-order valence-electron chi connectivity index (χ2n) is 7.29. The first-order valence-corrected chi connectivity index (χ1v) is 11.4. The number of hydrogen-bond donors (Lipinski definition) is 0. The minimum Gasteiger partial charge on any atom is -0.497 e. The second-order valence-corrected chi connectivity index (χ2v) is 8.24. The Morgan fingerprint density at radius 2 is 1.91 bits per heavy atom. The van der Waals surface area contributed by atoms with Gasteiger partial charge < -0.3 is 14.2 Å². The number of hydrazone groups is 1. The summed E-state index contributed by atoms with van der Waals surface area (Å²) >= 11 is 1.38. The molecule has 1 atom stereocenters. The molecule has 1 aliphatic heterocycles. The molecular weight excluding hydrogens is 440 g/mol. The largest absolute Gasteiger partial charge is 0.497 e. The summed E-state index contributed by atoms with van der Waals surface area (Å²) in [5, 5.41) is 8.12. The van der Waals surface area contributed by atoms with Crippen LogP contribution in [0.2, 0.25) is 0 Å². The van der Waals surface area contributed by atoms with Crippen molar-refractivity contribution in [2.45, 2.75) is 19.4 Å². The molecule has 0 N–H and O–H groups in total. The lowest BCUT2D eigenvalue weighted by molar-refractivity contribution is -0.145. The predicted molar refractivity (Wildman–Crippen MR) is 126 cm³/mol. The van der Waals surface area contributed by atoms with Gasteiger partial charge in [-0.25, -0.2) is 9.80 Å². The average molecular weight is 465 g/mol. The highest BCUT2D eigenvalue weighted by atomic mass is 32.1. The van der Waals surface area contributed by atoms with E-state index >= 15 is 0 Å². The number of thiophene rings is 1. The third-order valence-electron chi connectivity index (χ3n) is 5.18. The fourth-order valence-electron chi connectivity index (χ4n) is 3.58. The van der Waals surface area contributed by atoms with E-state index in [1.54, 1.807) is 26.2 Å². The predicted octanol–water partition coefficient (Wildman–Crippen LogP) is 4.69. The first-order chi connectivity index (χ1) is 16.1. The summed E-state index contributed by atoms with van der Waals surface area (Å²) in [7, 11) is 1.62. The molecule has 170 valence electrons. The average Bonchev–Trinajstić information content (AvgIpc) is 3.54. The van der Waals surface area contributed by atoms with Crippen LogP contribution in [0.3, 0.4) is 0 Å². The van der Waals surface area contributed by atoms with Crippen molar-refractivity contribution in [2.24, 2.45) is 5.10 Å². The molecule has 8 heteroatoms. The van der Waals surface area contributed by atoms with Crippen LogP contribution in [0, 0.1) is 0 Å². The summed E-state index contributed by atoms with van der Waals surface area (Å²) in [6.07, 6.45) is 0.546. The van der Waals surface area contributed by atoms with E-state index in [1.165, 1.54) is 16.3 Å². The zero-order valence-corrected chi connectivity index (χ0v) is 19.2. The summed E-state index contributed by atoms with van der Waals surface area (Å²) in [6.45, 7) is 1.88. The van der Waals surface area contributed by atoms with Crippen molar-refractivity contribution in [3.05, 3.63) is 82.0 Å². The SMILES string of the molecule is CCOC(=O)COc1cccc(C2CC(c3ccc(OC)cc3)=NN2C(=O)c2cccs2)c1. The maximum absolute atomic E-state index is 13.3. The number of benzene rings is 2. The quantitative estimate of drug-likeness (QED) is 0.452. The first kappa shape index (κ1) is 22.5. The Bertz CT molecular complexity index is 1140. The Labute approximate surface area is 196 Å². The number of carbonyl (C=O) groups is 2. The lowest BCUT2D eigenvalue weighted by Gasteiger charge is -2.22. The van der Waals surface area contributed by atoms with Gasteiger partial charge in [0.05, 0.1) is 30.3 Å². The number of methoxy groups -OCH3 is 1. The Morgan fingerprint density at radius 3 is 2.61 bits per heavy atom. The van der Waals surface area contributed by atoms with Crippen LogP contribution in [-0.4, -0.2) is 42.9 Å². The van der Waals surface area contributed by atoms with E-state index in [0.717, 1.165) is 22.6 Å². The van der Waals surface area contributed by atoms with Gasteiger partial charge in [-0.3, -0.25) is 4.79 Å². The van der Waals surface area contributed by atoms with Gasteiger partial charge in [-0.2, -0.15) is 5.10 Å². The van der Waals surface area contributed by atoms with Crippen molar-refractivity contribution >= 4 is 28.9 Å². The van der Waals surface area contributed by atoms with E-state index in [9.17, 15) is 9.59 Å². The van der Waals surface area contributed by atoms with Gasteiger partial charge in [0.2, 0.25) is 0 Å². The molecule has 1 aliphatic rings. The maximum Gasteiger partial charge on any atom is 0.344 e. The van der Waals surface area contributed by atoms with Gasteiger partial charge in [0, 0.05) is 6.42 Å². The van der Waals surface area contributed by atoms with Gasteiger partial charge in [0.1, 0.15) is 11.5 Å². The van der Waals surface area contributed by atoms with Crippen molar-refractivity contribution in [3.63, 3.8) is 0 Å². The van der Waals surface area contributed by atoms with Crippen molar-refractivity contribution in [2.75, 3.05) is 20.3 Å². The van der Waals surface area contributed by atoms with Crippen molar-refractivity contribution in [1.29, 1.82) is 0 Å². The molecule has 0 bridgehead atoms. The molecule has 1 amide bonds. The highest BCUT2D eigenvalue weighted by molar-refractivity contribution is 7.12. The van der Waals surface area contributed by atoms with Gasteiger partial charge >= 0.3 is 5.97 Å². The smallest absolute Gasteiger partial charge is 0.344 e. The van der Waals surface area contributed by atoms with Gasteiger partial charge in [0.25, 0.3) is 5.91 Å². The minimum atomic E-state index is -0.427. The van der Waals surface area contributed by atoms with Gasteiger partial charge in [-0.15, -0.1) is 11.3 Å². The monoisotopic (exact) mass is 464 g/mol. The van der Waals surface area contributed by atoms with Crippen LogP contribution in [-0.2, 0) is 9.53 Å². The molecule has 4 rings (SSSR count). The fraction of sp³-hybridized carbons (Fsp3) is 0.240. The van der Waals surface area contributed by atoms with Gasteiger partial charge in [-0.1, -0.05) is 18.2 Å². The summed E-state index contributed by atoms with van der Waals surface area (Å²) in [5.74, 6) is 0.702. The molecule has 0 spiro atoms. The maximum atomic E-state index is 13.3. The normalized spacial score (nSPS) is 15.2. The number of amides is 1. The molecule has 3 aromatic rings. The molecule has 2 aromatic carbocycles. The third kappa shape index (κ3) is 5.23. The molecule has 0 saturated heterocycles. The number of hydrogen-bond acceptors (Lipinski definition) is 7. The van der Waals surface area contributed by atoms with Crippen molar-refractivity contribution < 1.29 is 23.8 Å². The van der Waals surface area contributed by atoms with Crippen LogP contribution in [0.15, 0.2) is 71.1 Å². The van der Waals surface area contributed by atoms with Crippen LogP contribution in [0.5, 0.6) is 11.5 Å². The van der Waals surface area contributed by atoms with E-state index in [1.807, 2.05) is 53.9 Å². The van der Waals surface area contributed by atoms with Crippen molar-refractivity contribution in [1.82, 2.24) is 5.01 Å². The van der Waals surface area contributed by atoms with Crippen LogP contribution >= 0.6 is 11.3 Å². The Hall–Kier alpha value is -3.65. The molecule has 0 radical (unpaired) electrons. The molecule has 1 unspecified atom stereocenters. The number of rotatable bonds is 8. The molecule has 2 heterocycles. The number of nitrogens with zero attached hydrogens (tertiary/aromatic N) is 2. The van der Waals surface area contributed by atoms with E-state index in [-0.39, 0.29) is 18.6 Å². The molecular formula is C25H24N2O5S. The van der Waals surface area contributed by atoms with Crippen LogP contribution in [0.1, 0.15) is 40.2 Å². The minimum absolute atomic E-state index is 0.156. The molecule has 1 aromatic heterocycles. The van der Waals surface area contributed by atoms with Crippen LogP contribution < -0.4 is 9.47 Å². The van der Waals surface area contributed by atoms with Crippen molar-refractivity contribution in [3.8, 4) is 11.5 Å². The van der Waals surface area contributed by atoms with Gasteiger partial charge in [0.15, 0.2) is 6.61 Å². The molecule has 0 saturated carbocycles. The Kier molecular flexibility index (Phi) is 7.04. The zero-order chi connectivity index (χ0) is 23.2. The van der Waals surface area contributed by atoms with Crippen LogP contribution in [0.25, 0.3) is 0 Å². The number of esters is 1. The third-order valence-corrected chi connectivity index (χ3v) is 6.04. The topological polar surface area (TPSA) is 77.4 Å². The molecule has 0 fully saturated rings. The molecule has 0 aliphatic carbocycles. The summed E-state index contributed by atoms with van der Waals surface area (Å²) in [4.78, 5) is 25.5. The summed E-state index contributed by atoms with van der Waals surface area (Å²) in [6, 6.07) is 18.4. The van der Waals surface area contributed by atoms with Crippen LogP contribution in [0.4, 0.5) is 0 Å². The van der Waals surface area contributed by atoms with E-state index < -0.39 is 5.97 Å².